The van der Waals surface area contributed by atoms with Gasteiger partial charge in [0.2, 0.25) is 5.95 Å². The summed E-state index contributed by atoms with van der Waals surface area (Å²) in [6, 6.07) is 1.91. The first-order valence-corrected chi connectivity index (χ1v) is 5.77. The van der Waals surface area contributed by atoms with Crippen LogP contribution >= 0.6 is 11.6 Å². The first-order chi connectivity index (χ1) is 8.74. The van der Waals surface area contributed by atoms with Crippen LogP contribution in [0.5, 0.6) is 0 Å². The monoisotopic (exact) mass is 263 g/mol. The molecule has 92 valence electrons. The molecule has 2 N–H and O–H groups in total. The summed E-state index contributed by atoms with van der Waals surface area (Å²) in [7, 11) is 0. The summed E-state index contributed by atoms with van der Waals surface area (Å²) >= 11 is 6.03. The van der Waals surface area contributed by atoms with E-state index in [1.807, 2.05) is 13.0 Å². The van der Waals surface area contributed by atoms with E-state index in [9.17, 15) is 0 Å². The number of hydrogen-bond acceptors (Lipinski definition) is 5. The molecule has 6 nitrogen and oxygen atoms in total. The van der Waals surface area contributed by atoms with Gasteiger partial charge in [0.15, 0.2) is 10.8 Å². The summed E-state index contributed by atoms with van der Waals surface area (Å²) in [5.41, 5.74) is 2.19. The molecular weight excluding hydrogens is 254 g/mol. The lowest BCUT2D eigenvalue weighted by Gasteiger charge is -2.11. The maximum absolute atomic E-state index is 6.03. The average Bonchev–Trinajstić information content (AvgIpc) is 2.99. The van der Waals surface area contributed by atoms with Crippen molar-refractivity contribution in [2.45, 2.75) is 13.0 Å². The number of rotatable bonds is 3. The van der Waals surface area contributed by atoms with Crippen LogP contribution < -0.4 is 5.32 Å². The molecule has 1 atom stereocenters. The second-order valence-electron chi connectivity index (χ2n) is 3.86. The van der Waals surface area contributed by atoms with E-state index in [-0.39, 0.29) is 6.04 Å². The summed E-state index contributed by atoms with van der Waals surface area (Å²) in [4.78, 5) is 15.4. The molecule has 0 aliphatic carbocycles. The fourth-order valence-electron chi connectivity index (χ4n) is 1.66. The quantitative estimate of drug-likeness (QED) is 0.710. The second kappa shape index (κ2) is 4.30. The number of aromatic amines is 1. The van der Waals surface area contributed by atoms with Crippen LogP contribution in [-0.2, 0) is 0 Å². The third kappa shape index (κ3) is 1.91. The Morgan fingerprint density at radius 3 is 3.11 bits per heavy atom. The third-order valence-corrected chi connectivity index (χ3v) is 2.90. The lowest BCUT2D eigenvalue weighted by atomic mass is 10.2. The Bertz CT molecular complexity index is 663. The molecule has 7 heteroatoms. The number of nitrogens with zero attached hydrogens (tertiary/aromatic N) is 3. The fraction of sp³-hybridized carbons (Fsp3) is 0.182. The highest BCUT2D eigenvalue weighted by Crippen LogP contribution is 2.21. The van der Waals surface area contributed by atoms with E-state index >= 15 is 0 Å². The lowest BCUT2D eigenvalue weighted by molar-refractivity contribution is 0.562. The van der Waals surface area contributed by atoms with Crippen LogP contribution in [0, 0.1) is 0 Å². The number of anilines is 1. The normalized spacial score (nSPS) is 12.8. The van der Waals surface area contributed by atoms with Crippen LogP contribution in [0.4, 0.5) is 5.95 Å². The second-order valence-corrected chi connectivity index (χ2v) is 4.22. The summed E-state index contributed by atoms with van der Waals surface area (Å²) in [6.07, 6.45) is 4.83. The number of fused-ring (bicyclic) bond motifs is 1. The van der Waals surface area contributed by atoms with Gasteiger partial charge >= 0.3 is 0 Å². The SMILES string of the molecule is CC(Nc1nc(Cl)c2[nH]cnc2n1)c1ccoc1. The summed E-state index contributed by atoms with van der Waals surface area (Å²) in [5.74, 6) is 0.438. The Labute approximate surface area is 107 Å². The Kier molecular flexibility index (Phi) is 2.64. The molecule has 0 amide bonds. The van der Waals surface area contributed by atoms with Gasteiger partial charge in [0.05, 0.1) is 24.9 Å². The Morgan fingerprint density at radius 1 is 1.44 bits per heavy atom. The molecule has 0 aliphatic rings. The van der Waals surface area contributed by atoms with Crippen molar-refractivity contribution < 1.29 is 4.42 Å². The van der Waals surface area contributed by atoms with Crippen molar-refractivity contribution in [2.75, 3.05) is 5.32 Å². The van der Waals surface area contributed by atoms with E-state index in [0.717, 1.165) is 5.56 Å². The lowest BCUT2D eigenvalue weighted by Crippen LogP contribution is -2.08. The van der Waals surface area contributed by atoms with Gasteiger partial charge in [0.25, 0.3) is 0 Å². The summed E-state index contributed by atoms with van der Waals surface area (Å²) in [5, 5.41) is 3.49. The highest BCUT2D eigenvalue weighted by atomic mass is 35.5. The van der Waals surface area contributed by atoms with Gasteiger partial charge in [0.1, 0.15) is 5.52 Å². The Hall–Kier alpha value is -2.08. The average molecular weight is 264 g/mol. The smallest absolute Gasteiger partial charge is 0.226 e. The molecule has 3 heterocycles. The largest absolute Gasteiger partial charge is 0.472 e. The van der Waals surface area contributed by atoms with Crippen LogP contribution in [0.2, 0.25) is 5.15 Å². The van der Waals surface area contributed by atoms with Crippen molar-refractivity contribution in [3.8, 4) is 0 Å². The van der Waals surface area contributed by atoms with E-state index in [0.29, 0.717) is 22.3 Å². The highest BCUT2D eigenvalue weighted by Gasteiger charge is 2.11. The molecule has 3 rings (SSSR count). The van der Waals surface area contributed by atoms with E-state index in [4.69, 9.17) is 16.0 Å². The standard InChI is InChI=1S/C11H10ClN5O/c1-6(7-2-3-18-4-7)15-11-16-9(12)8-10(17-11)14-5-13-8/h2-6H,1H3,(H2,13,14,15,16,17). The maximum atomic E-state index is 6.03. The number of imidazole rings is 1. The van der Waals surface area contributed by atoms with Gasteiger partial charge in [-0.15, -0.1) is 0 Å². The van der Waals surface area contributed by atoms with E-state index in [1.54, 1.807) is 12.5 Å². The fourth-order valence-corrected chi connectivity index (χ4v) is 1.88. The number of nitrogens with one attached hydrogen (secondary N) is 2. The molecule has 0 radical (unpaired) electrons. The predicted octanol–water partition coefficient (Wildman–Crippen LogP) is 2.77. The zero-order chi connectivity index (χ0) is 12.5. The van der Waals surface area contributed by atoms with Gasteiger partial charge in [-0.05, 0) is 13.0 Å². The predicted molar refractivity (Wildman–Crippen MR) is 67.4 cm³/mol. The first kappa shape index (κ1) is 11.0. The number of hydrogen-bond donors (Lipinski definition) is 2. The number of aromatic nitrogens is 4. The van der Waals surface area contributed by atoms with Crippen molar-refractivity contribution in [3.05, 3.63) is 35.6 Å². The van der Waals surface area contributed by atoms with Crippen molar-refractivity contribution in [1.29, 1.82) is 0 Å². The minimum Gasteiger partial charge on any atom is -0.472 e. The molecule has 18 heavy (non-hydrogen) atoms. The molecule has 0 fully saturated rings. The molecule has 0 aromatic carbocycles. The third-order valence-electron chi connectivity index (χ3n) is 2.63. The zero-order valence-corrected chi connectivity index (χ0v) is 10.3. The first-order valence-electron chi connectivity index (χ1n) is 5.39. The van der Waals surface area contributed by atoms with E-state index < -0.39 is 0 Å². The van der Waals surface area contributed by atoms with Crippen molar-refractivity contribution in [3.63, 3.8) is 0 Å². The topological polar surface area (TPSA) is 79.6 Å². The van der Waals surface area contributed by atoms with Gasteiger partial charge in [-0.2, -0.15) is 9.97 Å². The molecule has 0 saturated heterocycles. The highest BCUT2D eigenvalue weighted by molar-refractivity contribution is 6.33. The van der Waals surface area contributed by atoms with Crippen LogP contribution in [0.25, 0.3) is 11.2 Å². The van der Waals surface area contributed by atoms with Crippen LogP contribution in [0.3, 0.4) is 0 Å². The summed E-state index contributed by atoms with van der Waals surface area (Å²) < 4.78 is 5.03. The number of furan rings is 1. The molecule has 3 aromatic heterocycles. The minimum atomic E-state index is 0.0243. The van der Waals surface area contributed by atoms with Crippen LogP contribution in [-0.4, -0.2) is 19.9 Å². The van der Waals surface area contributed by atoms with Crippen molar-refractivity contribution in [1.82, 2.24) is 19.9 Å². The van der Waals surface area contributed by atoms with Gasteiger partial charge in [-0.1, -0.05) is 11.6 Å². The molecule has 3 aromatic rings. The van der Waals surface area contributed by atoms with Gasteiger partial charge < -0.3 is 14.7 Å². The summed E-state index contributed by atoms with van der Waals surface area (Å²) in [6.45, 7) is 1.98. The minimum absolute atomic E-state index is 0.0243. The molecule has 1 unspecified atom stereocenters. The Balaban J connectivity index is 1.90. The van der Waals surface area contributed by atoms with E-state index in [2.05, 4.69) is 25.3 Å². The Morgan fingerprint density at radius 2 is 2.33 bits per heavy atom. The zero-order valence-electron chi connectivity index (χ0n) is 9.51. The van der Waals surface area contributed by atoms with Gasteiger partial charge in [0, 0.05) is 5.56 Å². The maximum Gasteiger partial charge on any atom is 0.226 e. The van der Waals surface area contributed by atoms with Crippen molar-refractivity contribution in [2.24, 2.45) is 0 Å². The van der Waals surface area contributed by atoms with E-state index in [1.165, 1.54) is 6.33 Å². The van der Waals surface area contributed by atoms with Gasteiger partial charge in [-0.3, -0.25) is 0 Å². The van der Waals surface area contributed by atoms with Crippen LogP contribution in [0.1, 0.15) is 18.5 Å². The molecule has 0 saturated carbocycles. The van der Waals surface area contributed by atoms with Crippen molar-refractivity contribution >= 4 is 28.7 Å². The molecular formula is C11H10ClN5O. The molecule has 0 aliphatic heterocycles. The van der Waals surface area contributed by atoms with Crippen LogP contribution in [0.15, 0.2) is 29.3 Å². The van der Waals surface area contributed by atoms with Gasteiger partial charge in [-0.25, -0.2) is 4.98 Å². The molecule has 0 bridgehead atoms. The number of H-pyrrole nitrogens is 1. The number of halogens is 1. The molecule has 0 spiro atoms.